The predicted octanol–water partition coefficient (Wildman–Crippen LogP) is 4.31. The zero-order chi connectivity index (χ0) is 19.6. The van der Waals surface area contributed by atoms with Crippen LogP contribution in [-0.2, 0) is 21.0 Å². The summed E-state index contributed by atoms with van der Waals surface area (Å²) in [4.78, 5) is 14.6. The molecule has 2 aromatic rings. The first-order chi connectivity index (χ1) is 13.1. The van der Waals surface area contributed by atoms with Crippen molar-refractivity contribution in [3.63, 3.8) is 0 Å². The van der Waals surface area contributed by atoms with Crippen molar-refractivity contribution in [2.45, 2.75) is 13.5 Å². The van der Waals surface area contributed by atoms with E-state index in [2.05, 4.69) is 15.3 Å². The van der Waals surface area contributed by atoms with Crippen LogP contribution in [0, 0.1) is 0 Å². The lowest BCUT2D eigenvalue weighted by atomic mass is 10.0. The lowest BCUT2D eigenvalue weighted by Crippen LogP contribution is -2.20. The Morgan fingerprint density at radius 3 is 2.33 bits per heavy atom. The lowest BCUT2D eigenvalue weighted by molar-refractivity contribution is 0.130. The number of methoxy groups -OCH3 is 1. The summed E-state index contributed by atoms with van der Waals surface area (Å²) in [5.41, 5.74) is 3.84. The van der Waals surface area contributed by atoms with Crippen LogP contribution in [0.2, 0.25) is 5.02 Å². The predicted molar refractivity (Wildman–Crippen MR) is 109 cm³/mol. The van der Waals surface area contributed by atoms with Crippen LogP contribution in [0.3, 0.4) is 0 Å². The summed E-state index contributed by atoms with van der Waals surface area (Å²) in [7, 11) is 4.64. The van der Waals surface area contributed by atoms with E-state index < -0.39 is 0 Å². The van der Waals surface area contributed by atoms with Crippen LogP contribution in [0.4, 0.5) is 0 Å². The van der Waals surface area contributed by atoms with Gasteiger partial charge in [0.25, 0.3) is 0 Å². The third-order valence-corrected chi connectivity index (χ3v) is 3.99. The molecule has 142 valence electrons. The van der Waals surface area contributed by atoms with E-state index in [0.717, 1.165) is 22.4 Å². The number of aliphatic imine (C=N–C) groups is 1. The molecule has 0 spiro atoms. The quantitative estimate of drug-likeness (QED) is 0.404. The molecular formula is C20H22ClN3O3. The van der Waals surface area contributed by atoms with E-state index in [4.69, 9.17) is 26.0 Å². The molecule has 0 aliphatic heterocycles. The number of nitrogens with zero attached hydrogens (tertiary/aromatic N) is 3. The van der Waals surface area contributed by atoms with Crippen LogP contribution in [-0.4, -0.2) is 38.6 Å². The average Bonchev–Trinajstić information content (AvgIpc) is 2.69. The van der Waals surface area contributed by atoms with Crippen molar-refractivity contribution in [1.29, 1.82) is 0 Å². The highest BCUT2D eigenvalue weighted by atomic mass is 35.5. The van der Waals surface area contributed by atoms with Crippen LogP contribution in [0.15, 0.2) is 63.8 Å². The molecule has 27 heavy (non-hydrogen) atoms. The largest absolute Gasteiger partial charge is 0.480 e. The zero-order valence-electron chi connectivity index (χ0n) is 15.8. The van der Waals surface area contributed by atoms with Crippen LogP contribution in [0.5, 0.6) is 0 Å². The molecule has 0 amide bonds. The summed E-state index contributed by atoms with van der Waals surface area (Å²) in [6.45, 7) is 2.13. The van der Waals surface area contributed by atoms with E-state index in [0.29, 0.717) is 16.6 Å². The van der Waals surface area contributed by atoms with E-state index in [1.54, 1.807) is 7.05 Å². The number of rotatable bonds is 7. The van der Waals surface area contributed by atoms with Gasteiger partial charge in [-0.3, -0.25) is 4.99 Å². The Hall–Kier alpha value is -2.86. The fourth-order valence-corrected chi connectivity index (χ4v) is 2.53. The Bertz CT molecular complexity index is 846. The Kier molecular flexibility index (Phi) is 7.82. The molecule has 0 atom stereocenters. The summed E-state index contributed by atoms with van der Waals surface area (Å²) in [6.07, 6.45) is 0. The highest BCUT2D eigenvalue weighted by Crippen LogP contribution is 2.15. The first-order valence-electron chi connectivity index (χ1n) is 8.23. The van der Waals surface area contributed by atoms with E-state index in [-0.39, 0.29) is 6.61 Å². The number of ether oxygens (including phenoxy) is 1. The summed E-state index contributed by atoms with van der Waals surface area (Å²) < 4.78 is 5.29. The van der Waals surface area contributed by atoms with Gasteiger partial charge in [0.1, 0.15) is 13.7 Å². The molecule has 0 aliphatic rings. The van der Waals surface area contributed by atoms with Crippen molar-refractivity contribution in [2.24, 2.45) is 15.3 Å². The molecular weight excluding hydrogens is 366 g/mol. The first kappa shape index (κ1) is 20.5. The number of hydrogen-bond donors (Lipinski definition) is 0. The van der Waals surface area contributed by atoms with Gasteiger partial charge in [0.15, 0.2) is 5.71 Å². The SMILES string of the molecule is CN=C(OC)C(=NOC)c1ccccc1CON=C(C)c1ccc(Cl)cc1. The van der Waals surface area contributed by atoms with Gasteiger partial charge in [0.2, 0.25) is 5.90 Å². The van der Waals surface area contributed by atoms with Gasteiger partial charge in [0.05, 0.1) is 12.8 Å². The smallest absolute Gasteiger partial charge is 0.238 e. The van der Waals surface area contributed by atoms with Gasteiger partial charge in [-0.15, -0.1) is 0 Å². The maximum Gasteiger partial charge on any atom is 0.238 e. The molecule has 7 heteroatoms. The fraction of sp³-hybridized carbons (Fsp3) is 0.250. The molecule has 0 saturated heterocycles. The third kappa shape index (κ3) is 5.56. The minimum absolute atomic E-state index is 0.255. The van der Waals surface area contributed by atoms with E-state index in [1.807, 2.05) is 55.5 Å². The summed E-state index contributed by atoms with van der Waals surface area (Å²) in [5, 5.41) is 8.92. The molecule has 2 aromatic carbocycles. The number of benzene rings is 2. The average molecular weight is 388 g/mol. The second kappa shape index (κ2) is 10.3. The fourth-order valence-electron chi connectivity index (χ4n) is 2.41. The summed E-state index contributed by atoms with van der Waals surface area (Å²) in [6, 6.07) is 15.1. The maximum absolute atomic E-state index is 5.91. The second-order valence-corrected chi connectivity index (χ2v) is 5.91. The molecule has 0 aliphatic carbocycles. The second-order valence-electron chi connectivity index (χ2n) is 5.47. The van der Waals surface area contributed by atoms with Gasteiger partial charge in [-0.1, -0.05) is 58.3 Å². The molecule has 0 heterocycles. The van der Waals surface area contributed by atoms with E-state index >= 15 is 0 Å². The van der Waals surface area contributed by atoms with Crippen LogP contribution < -0.4 is 0 Å². The minimum atomic E-state index is 0.255. The monoisotopic (exact) mass is 387 g/mol. The van der Waals surface area contributed by atoms with Gasteiger partial charge in [-0.25, -0.2) is 0 Å². The van der Waals surface area contributed by atoms with Crippen molar-refractivity contribution in [3.05, 3.63) is 70.2 Å². The summed E-state index contributed by atoms with van der Waals surface area (Å²) >= 11 is 5.91. The maximum atomic E-state index is 5.91. The standard InChI is InChI=1S/C20H22ClN3O3/c1-14(15-9-11-17(21)12-10-15)23-27-13-16-7-5-6-8-18(16)19(24-26-4)20(22-2)25-3/h5-12H,13H2,1-4H3. The molecule has 0 bridgehead atoms. The molecule has 0 N–H and O–H groups in total. The van der Waals surface area contributed by atoms with Gasteiger partial charge in [0, 0.05) is 23.2 Å². The van der Waals surface area contributed by atoms with Crippen LogP contribution in [0.25, 0.3) is 0 Å². The minimum Gasteiger partial charge on any atom is -0.480 e. The molecule has 0 radical (unpaired) electrons. The zero-order valence-corrected chi connectivity index (χ0v) is 16.5. The third-order valence-electron chi connectivity index (χ3n) is 3.74. The lowest BCUT2D eigenvalue weighted by Gasteiger charge is -2.12. The van der Waals surface area contributed by atoms with Gasteiger partial charge in [-0.05, 0) is 24.6 Å². The van der Waals surface area contributed by atoms with E-state index in [9.17, 15) is 0 Å². The van der Waals surface area contributed by atoms with Crippen molar-refractivity contribution in [3.8, 4) is 0 Å². The Morgan fingerprint density at radius 1 is 1.00 bits per heavy atom. The molecule has 6 nitrogen and oxygen atoms in total. The molecule has 0 unspecified atom stereocenters. The highest BCUT2D eigenvalue weighted by molar-refractivity contribution is 6.45. The topological polar surface area (TPSA) is 64.8 Å². The van der Waals surface area contributed by atoms with Crippen molar-refractivity contribution in [2.75, 3.05) is 21.3 Å². The first-order valence-corrected chi connectivity index (χ1v) is 8.61. The molecule has 0 fully saturated rings. The highest BCUT2D eigenvalue weighted by Gasteiger charge is 2.17. The van der Waals surface area contributed by atoms with Crippen LogP contribution in [0.1, 0.15) is 23.6 Å². The van der Waals surface area contributed by atoms with Gasteiger partial charge in [-0.2, -0.15) is 0 Å². The Labute approximate surface area is 164 Å². The number of halogens is 1. The molecule has 2 rings (SSSR count). The van der Waals surface area contributed by atoms with Crippen molar-refractivity contribution < 1.29 is 14.4 Å². The van der Waals surface area contributed by atoms with Gasteiger partial charge < -0.3 is 14.4 Å². The van der Waals surface area contributed by atoms with Crippen molar-refractivity contribution in [1.82, 2.24) is 0 Å². The van der Waals surface area contributed by atoms with Crippen molar-refractivity contribution >= 4 is 28.9 Å². The molecule has 0 aromatic heterocycles. The number of oxime groups is 2. The van der Waals surface area contributed by atoms with Gasteiger partial charge >= 0.3 is 0 Å². The number of hydrogen-bond acceptors (Lipinski definition) is 6. The molecule has 0 saturated carbocycles. The Balaban J connectivity index is 2.21. The summed E-state index contributed by atoms with van der Waals surface area (Å²) in [5.74, 6) is 0.366. The Morgan fingerprint density at radius 2 is 1.70 bits per heavy atom. The van der Waals surface area contributed by atoms with Crippen LogP contribution >= 0.6 is 11.6 Å². The van der Waals surface area contributed by atoms with E-state index in [1.165, 1.54) is 14.2 Å². The normalized spacial score (nSPS) is 12.7.